The molecule has 2 aliphatic rings. The summed E-state index contributed by atoms with van der Waals surface area (Å²) in [6.07, 6.45) is 1.95. The number of piperidine rings is 1. The molecule has 1 aromatic heterocycles. The Balaban J connectivity index is 1.44. The van der Waals surface area contributed by atoms with Crippen molar-refractivity contribution in [2.75, 3.05) is 26.7 Å². The highest BCUT2D eigenvalue weighted by atomic mass is 16.5. The molecule has 0 saturated carbocycles. The second-order valence-electron chi connectivity index (χ2n) is 9.78. The molecule has 3 heterocycles. The van der Waals surface area contributed by atoms with Gasteiger partial charge in [-0.25, -0.2) is 0 Å². The van der Waals surface area contributed by atoms with E-state index in [2.05, 4.69) is 42.2 Å². The fraction of sp³-hybridized carbons (Fsp3) is 0.429. The summed E-state index contributed by atoms with van der Waals surface area (Å²) in [6, 6.07) is 16.6. The minimum Gasteiger partial charge on any atom is -0.497 e. The number of methoxy groups -OCH3 is 1. The molecular weight excluding hydrogens is 440 g/mol. The molecule has 2 aromatic carbocycles. The number of likely N-dealkylation sites (tertiary alicyclic amines) is 1. The van der Waals surface area contributed by atoms with E-state index in [4.69, 9.17) is 9.84 Å². The van der Waals surface area contributed by atoms with Crippen LogP contribution in [0.3, 0.4) is 0 Å². The maximum Gasteiger partial charge on any atom is 0.274 e. The number of nitrogens with zero attached hydrogens (tertiary/aromatic N) is 4. The molecule has 1 fully saturated rings. The Kier molecular flexibility index (Phi) is 6.88. The second kappa shape index (κ2) is 10.2. The summed E-state index contributed by atoms with van der Waals surface area (Å²) in [5.74, 6) is 0.743. The summed E-state index contributed by atoms with van der Waals surface area (Å²) in [5.41, 5.74) is 6.31. The van der Waals surface area contributed by atoms with Crippen LogP contribution >= 0.6 is 0 Å². The molecule has 0 bridgehead atoms. The topological polar surface area (TPSA) is 70.8 Å². The molecule has 1 atom stereocenters. The number of aryl methyl sites for hydroxylation is 1. The number of β-amino-alcohol motifs (C(OH)–C–C–N with tert-alkyl or cyclic N) is 1. The predicted molar refractivity (Wildman–Crippen MR) is 134 cm³/mol. The number of carbonyl (C=O) groups excluding carboxylic acids is 1. The first-order chi connectivity index (χ1) is 17.0. The average molecular weight is 475 g/mol. The van der Waals surface area contributed by atoms with E-state index in [1.165, 1.54) is 11.1 Å². The van der Waals surface area contributed by atoms with Crippen LogP contribution in [0.1, 0.15) is 51.3 Å². The molecule has 2 aliphatic heterocycles. The minimum absolute atomic E-state index is 0.0680. The minimum atomic E-state index is -0.458. The van der Waals surface area contributed by atoms with Gasteiger partial charge >= 0.3 is 0 Å². The molecular formula is C28H34N4O3. The van der Waals surface area contributed by atoms with E-state index in [0.717, 1.165) is 54.9 Å². The quantitative estimate of drug-likeness (QED) is 0.593. The summed E-state index contributed by atoms with van der Waals surface area (Å²) >= 11 is 0. The molecule has 7 heteroatoms. The van der Waals surface area contributed by atoms with Crippen LogP contribution in [0.5, 0.6) is 5.75 Å². The summed E-state index contributed by atoms with van der Waals surface area (Å²) in [6.45, 7) is 6.19. The van der Waals surface area contributed by atoms with Crippen LogP contribution in [0, 0.1) is 6.92 Å². The lowest BCUT2D eigenvalue weighted by Crippen LogP contribution is -2.43. The van der Waals surface area contributed by atoms with E-state index in [1.807, 2.05) is 22.9 Å². The van der Waals surface area contributed by atoms with E-state index in [0.29, 0.717) is 31.9 Å². The number of amides is 1. The van der Waals surface area contributed by atoms with E-state index in [1.54, 1.807) is 12.0 Å². The number of carbonyl (C=O) groups is 1. The highest BCUT2D eigenvalue weighted by molar-refractivity contribution is 5.94. The first-order valence-electron chi connectivity index (χ1n) is 12.5. The fourth-order valence-corrected chi connectivity index (χ4v) is 5.17. The molecule has 1 amide bonds. The predicted octanol–water partition coefficient (Wildman–Crippen LogP) is 3.40. The van der Waals surface area contributed by atoms with Crippen LogP contribution < -0.4 is 4.74 Å². The normalized spacial score (nSPS) is 18.4. The van der Waals surface area contributed by atoms with Crippen molar-refractivity contribution < 1.29 is 14.6 Å². The smallest absolute Gasteiger partial charge is 0.274 e. The van der Waals surface area contributed by atoms with Crippen molar-refractivity contribution in [2.45, 2.75) is 51.9 Å². The number of aromatic nitrogens is 2. The van der Waals surface area contributed by atoms with Crippen molar-refractivity contribution in [2.24, 2.45) is 0 Å². The molecule has 0 unspecified atom stereocenters. The Morgan fingerprint density at radius 1 is 1.11 bits per heavy atom. The third-order valence-corrected chi connectivity index (χ3v) is 7.09. The molecule has 0 spiro atoms. The summed E-state index contributed by atoms with van der Waals surface area (Å²) in [4.78, 5) is 17.8. The third-order valence-electron chi connectivity index (χ3n) is 7.09. The molecule has 184 valence electrons. The monoisotopic (exact) mass is 474 g/mol. The molecule has 5 rings (SSSR count). The van der Waals surface area contributed by atoms with Crippen LogP contribution in [0.2, 0.25) is 0 Å². The number of hydrogen-bond acceptors (Lipinski definition) is 5. The van der Waals surface area contributed by atoms with Crippen molar-refractivity contribution >= 4 is 5.91 Å². The lowest BCUT2D eigenvalue weighted by Gasteiger charge is -2.31. The highest BCUT2D eigenvalue weighted by Crippen LogP contribution is 2.27. The Morgan fingerprint density at radius 2 is 1.94 bits per heavy atom. The van der Waals surface area contributed by atoms with E-state index in [9.17, 15) is 9.90 Å². The van der Waals surface area contributed by atoms with Crippen molar-refractivity contribution in [3.63, 3.8) is 0 Å². The van der Waals surface area contributed by atoms with Crippen LogP contribution in [0.4, 0.5) is 0 Å². The lowest BCUT2D eigenvalue weighted by molar-refractivity contribution is 0.0466. The number of fused-ring (bicyclic) bond motifs is 1. The number of benzene rings is 2. The van der Waals surface area contributed by atoms with E-state index < -0.39 is 6.10 Å². The molecule has 0 aliphatic carbocycles. The SMILES string of the molecule is COc1cccc(Cn2nc(C(=O)N3CCC[C@H](O)C3)c3c2CCN(Cc2ccc(C)cc2)C3)c1. The average Bonchev–Trinajstić information content (AvgIpc) is 3.22. The van der Waals surface area contributed by atoms with Crippen molar-refractivity contribution in [3.8, 4) is 5.75 Å². The van der Waals surface area contributed by atoms with Gasteiger partial charge in [-0.15, -0.1) is 0 Å². The van der Waals surface area contributed by atoms with Crippen LogP contribution in [-0.4, -0.2) is 63.4 Å². The molecule has 1 N–H and O–H groups in total. The first kappa shape index (κ1) is 23.6. The van der Waals surface area contributed by atoms with Gasteiger partial charge in [0.05, 0.1) is 19.8 Å². The van der Waals surface area contributed by atoms with E-state index in [-0.39, 0.29) is 5.91 Å². The number of hydrogen-bond donors (Lipinski definition) is 1. The van der Waals surface area contributed by atoms with Crippen molar-refractivity contribution in [1.82, 2.24) is 19.6 Å². The van der Waals surface area contributed by atoms with Gasteiger partial charge in [0.1, 0.15) is 5.75 Å². The standard InChI is InChI=1S/C28H34N4O3/c1-20-8-10-21(11-9-20)16-30-14-12-26-25(19-30)27(28(34)31-13-4-6-23(33)18-31)29-32(26)17-22-5-3-7-24(15-22)35-2/h3,5,7-11,15,23,33H,4,6,12-14,16-19H2,1-2H3/t23-/m0/s1. The lowest BCUT2D eigenvalue weighted by atomic mass is 10.0. The fourth-order valence-electron chi connectivity index (χ4n) is 5.17. The van der Waals surface area contributed by atoms with Crippen LogP contribution in [0.25, 0.3) is 0 Å². The Morgan fingerprint density at radius 3 is 2.71 bits per heavy atom. The Hall–Kier alpha value is -3.16. The van der Waals surface area contributed by atoms with Gasteiger partial charge in [-0.05, 0) is 43.0 Å². The summed E-state index contributed by atoms with van der Waals surface area (Å²) < 4.78 is 7.40. The second-order valence-corrected chi connectivity index (χ2v) is 9.78. The van der Waals surface area contributed by atoms with Gasteiger partial charge in [0.15, 0.2) is 5.69 Å². The number of aliphatic hydroxyl groups excluding tert-OH is 1. The van der Waals surface area contributed by atoms with Gasteiger partial charge < -0.3 is 14.7 Å². The van der Waals surface area contributed by atoms with Crippen molar-refractivity contribution in [1.29, 1.82) is 0 Å². The van der Waals surface area contributed by atoms with Crippen LogP contribution in [0.15, 0.2) is 48.5 Å². The highest BCUT2D eigenvalue weighted by Gasteiger charge is 2.32. The van der Waals surface area contributed by atoms with Gasteiger partial charge in [-0.1, -0.05) is 42.0 Å². The Labute approximate surface area is 206 Å². The molecule has 7 nitrogen and oxygen atoms in total. The van der Waals surface area contributed by atoms with Crippen molar-refractivity contribution in [3.05, 3.63) is 82.2 Å². The zero-order chi connectivity index (χ0) is 24.4. The molecule has 35 heavy (non-hydrogen) atoms. The van der Waals surface area contributed by atoms with Gasteiger partial charge in [-0.2, -0.15) is 5.10 Å². The molecule has 0 radical (unpaired) electrons. The first-order valence-corrected chi connectivity index (χ1v) is 12.5. The number of aliphatic hydroxyl groups is 1. The van der Waals surface area contributed by atoms with Gasteiger partial charge in [0, 0.05) is 50.4 Å². The third kappa shape index (κ3) is 5.26. The van der Waals surface area contributed by atoms with E-state index >= 15 is 0 Å². The number of rotatable bonds is 6. The zero-order valence-corrected chi connectivity index (χ0v) is 20.6. The number of ether oxygens (including phenoxy) is 1. The van der Waals surface area contributed by atoms with Crippen LogP contribution in [-0.2, 0) is 26.1 Å². The largest absolute Gasteiger partial charge is 0.497 e. The maximum atomic E-state index is 13.6. The van der Waals surface area contributed by atoms with Gasteiger partial charge in [0.25, 0.3) is 5.91 Å². The molecule has 3 aromatic rings. The summed E-state index contributed by atoms with van der Waals surface area (Å²) in [7, 11) is 1.67. The van der Waals surface area contributed by atoms with Gasteiger partial charge in [-0.3, -0.25) is 14.4 Å². The van der Waals surface area contributed by atoms with Gasteiger partial charge in [0.2, 0.25) is 0 Å². The Bertz CT molecular complexity index is 1190. The zero-order valence-electron chi connectivity index (χ0n) is 20.6. The molecule has 1 saturated heterocycles. The maximum absolute atomic E-state index is 13.6. The summed E-state index contributed by atoms with van der Waals surface area (Å²) in [5, 5.41) is 15.0.